The van der Waals surface area contributed by atoms with E-state index < -0.39 is 0 Å². The maximum absolute atomic E-state index is 12.5. The first kappa shape index (κ1) is 15.6. The van der Waals surface area contributed by atoms with Gasteiger partial charge in [0.05, 0.1) is 6.04 Å². The standard InChI is InChI=1S/C16H29N3OS/c1-13-5-2-3-7-18(13)9-14-6-4-8-19(10-14)16(20)15-11-21-12-17-15/h13-15,17H,2-12H2,1H3/t13-,14-,15+/m0/s1. The molecule has 0 saturated carbocycles. The molecule has 21 heavy (non-hydrogen) atoms. The first-order valence-electron chi connectivity index (χ1n) is 8.58. The van der Waals surface area contributed by atoms with Gasteiger partial charge in [-0.1, -0.05) is 6.42 Å². The number of rotatable bonds is 3. The molecule has 0 radical (unpaired) electrons. The molecule has 3 fully saturated rings. The maximum atomic E-state index is 12.5. The van der Waals surface area contributed by atoms with E-state index >= 15 is 0 Å². The topological polar surface area (TPSA) is 35.6 Å². The second kappa shape index (κ2) is 7.34. The monoisotopic (exact) mass is 311 g/mol. The smallest absolute Gasteiger partial charge is 0.240 e. The molecule has 3 heterocycles. The van der Waals surface area contributed by atoms with Crippen molar-refractivity contribution < 1.29 is 4.79 Å². The molecule has 0 aromatic carbocycles. The Kier molecular flexibility index (Phi) is 5.46. The third-order valence-electron chi connectivity index (χ3n) is 5.28. The van der Waals surface area contributed by atoms with Crippen molar-refractivity contribution in [3.05, 3.63) is 0 Å². The fraction of sp³-hybridized carbons (Fsp3) is 0.938. The van der Waals surface area contributed by atoms with Gasteiger partial charge in [0.2, 0.25) is 5.91 Å². The zero-order chi connectivity index (χ0) is 14.7. The highest BCUT2D eigenvalue weighted by atomic mass is 32.2. The predicted octanol–water partition coefficient (Wildman–Crippen LogP) is 1.76. The van der Waals surface area contributed by atoms with Gasteiger partial charge in [-0.2, -0.15) is 0 Å². The Morgan fingerprint density at radius 3 is 2.90 bits per heavy atom. The van der Waals surface area contributed by atoms with Crippen LogP contribution in [-0.4, -0.2) is 65.6 Å². The fourth-order valence-corrected chi connectivity index (χ4v) is 4.88. The third-order valence-corrected chi connectivity index (χ3v) is 6.22. The van der Waals surface area contributed by atoms with Crippen LogP contribution in [0.3, 0.4) is 0 Å². The van der Waals surface area contributed by atoms with Gasteiger partial charge < -0.3 is 9.80 Å². The number of piperidine rings is 2. The number of amides is 1. The number of carbonyl (C=O) groups excluding carboxylic acids is 1. The van der Waals surface area contributed by atoms with Crippen LogP contribution in [0.15, 0.2) is 0 Å². The molecule has 3 saturated heterocycles. The van der Waals surface area contributed by atoms with Crippen molar-refractivity contribution in [2.45, 2.75) is 51.1 Å². The minimum Gasteiger partial charge on any atom is -0.341 e. The molecule has 120 valence electrons. The lowest BCUT2D eigenvalue weighted by Crippen LogP contribution is -2.51. The molecule has 5 heteroatoms. The van der Waals surface area contributed by atoms with Crippen molar-refractivity contribution in [1.29, 1.82) is 0 Å². The van der Waals surface area contributed by atoms with Crippen LogP contribution in [0, 0.1) is 5.92 Å². The normalized spacial score (nSPS) is 35.1. The van der Waals surface area contributed by atoms with Crippen LogP contribution in [0.5, 0.6) is 0 Å². The van der Waals surface area contributed by atoms with Crippen molar-refractivity contribution >= 4 is 17.7 Å². The molecule has 3 aliphatic rings. The predicted molar refractivity (Wildman–Crippen MR) is 88.4 cm³/mol. The van der Waals surface area contributed by atoms with Crippen molar-refractivity contribution in [2.24, 2.45) is 5.92 Å². The minimum atomic E-state index is 0.0719. The Bertz CT molecular complexity index is 359. The fourth-order valence-electron chi connectivity index (χ4n) is 3.95. The molecule has 4 nitrogen and oxygen atoms in total. The van der Waals surface area contributed by atoms with Gasteiger partial charge in [-0.15, -0.1) is 11.8 Å². The Morgan fingerprint density at radius 2 is 2.14 bits per heavy atom. The molecule has 0 unspecified atom stereocenters. The summed E-state index contributed by atoms with van der Waals surface area (Å²) in [6.07, 6.45) is 6.55. The van der Waals surface area contributed by atoms with Crippen molar-refractivity contribution in [3.8, 4) is 0 Å². The van der Waals surface area contributed by atoms with Gasteiger partial charge in [0.1, 0.15) is 0 Å². The van der Waals surface area contributed by atoms with Gasteiger partial charge in [0.15, 0.2) is 0 Å². The number of hydrogen-bond acceptors (Lipinski definition) is 4. The van der Waals surface area contributed by atoms with Crippen LogP contribution in [-0.2, 0) is 4.79 Å². The average molecular weight is 311 g/mol. The summed E-state index contributed by atoms with van der Waals surface area (Å²) < 4.78 is 0. The quantitative estimate of drug-likeness (QED) is 0.861. The Labute approximate surface area is 133 Å². The van der Waals surface area contributed by atoms with E-state index in [1.807, 2.05) is 11.8 Å². The van der Waals surface area contributed by atoms with Crippen LogP contribution in [0.1, 0.15) is 39.0 Å². The van der Waals surface area contributed by atoms with E-state index in [1.54, 1.807) is 0 Å². The molecular formula is C16H29N3OS. The van der Waals surface area contributed by atoms with Gasteiger partial charge in [-0.05, 0) is 45.1 Å². The van der Waals surface area contributed by atoms with Gasteiger partial charge in [-0.25, -0.2) is 0 Å². The van der Waals surface area contributed by atoms with Gasteiger partial charge >= 0.3 is 0 Å². The highest BCUT2D eigenvalue weighted by Gasteiger charge is 2.32. The summed E-state index contributed by atoms with van der Waals surface area (Å²) in [4.78, 5) is 17.3. The first-order chi connectivity index (χ1) is 10.2. The molecule has 0 bridgehead atoms. The van der Waals surface area contributed by atoms with Crippen LogP contribution >= 0.6 is 11.8 Å². The molecule has 3 rings (SSSR count). The van der Waals surface area contributed by atoms with Crippen molar-refractivity contribution in [1.82, 2.24) is 15.1 Å². The number of nitrogens with zero attached hydrogens (tertiary/aromatic N) is 2. The molecule has 0 aromatic heterocycles. The highest BCUT2D eigenvalue weighted by molar-refractivity contribution is 7.99. The molecule has 3 aliphatic heterocycles. The Hall–Kier alpha value is -0.260. The van der Waals surface area contributed by atoms with Crippen molar-refractivity contribution in [2.75, 3.05) is 37.8 Å². The summed E-state index contributed by atoms with van der Waals surface area (Å²) in [5, 5.41) is 3.32. The Morgan fingerprint density at radius 1 is 1.24 bits per heavy atom. The lowest BCUT2D eigenvalue weighted by molar-refractivity contribution is -0.134. The number of thioether (sulfide) groups is 1. The van der Waals surface area contributed by atoms with Crippen molar-refractivity contribution in [3.63, 3.8) is 0 Å². The van der Waals surface area contributed by atoms with E-state index in [4.69, 9.17) is 0 Å². The molecule has 0 aromatic rings. The number of likely N-dealkylation sites (tertiary alicyclic amines) is 2. The lowest BCUT2D eigenvalue weighted by Gasteiger charge is -2.40. The summed E-state index contributed by atoms with van der Waals surface area (Å²) in [5.41, 5.74) is 0. The van der Waals surface area contributed by atoms with E-state index in [0.29, 0.717) is 11.8 Å². The van der Waals surface area contributed by atoms with E-state index in [9.17, 15) is 4.79 Å². The molecule has 0 spiro atoms. The number of carbonyl (C=O) groups is 1. The largest absolute Gasteiger partial charge is 0.341 e. The molecular weight excluding hydrogens is 282 g/mol. The third kappa shape index (κ3) is 3.93. The molecule has 3 atom stereocenters. The van der Waals surface area contributed by atoms with E-state index in [1.165, 1.54) is 45.2 Å². The summed E-state index contributed by atoms with van der Waals surface area (Å²) in [6.45, 7) is 6.76. The van der Waals surface area contributed by atoms with Gasteiger partial charge in [0.25, 0.3) is 0 Å². The van der Waals surface area contributed by atoms with Crippen LogP contribution in [0.2, 0.25) is 0 Å². The summed E-state index contributed by atoms with van der Waals surface area (Å²) in [6, 6.07) is 0.806. The van der Waals surface area contributed by atoms with E-state index in [-0.39, 0.29) is 6.04 Å². The Balaban J connectivity index is 1.51. The summed E-state index contributed by atoms with van der Waals surface area (Å²) in [7, 11) is 0. The zero-order valence-electron chi connectivity index (χ0n) is 13.2. The zero-order valence-corrected chi connectivity index (χ0v) is 14.0. The minimum absolute atomic E-state index is 0.0719. The molecule has 1 N–H and O–H groups in total. The molecule has 1 amide bonds. The average Bonchev–Trinajstić information content (AvgIpc) is 3.03. The van der Waals surface area contributed by atoms with E-state index in [0.717, 1.165) is 30.8 Å². The van der Waals surface area contributed by atoms with E-state index in [2.05, 4.69) is 22.0 Å². The van der Waals surface area contributed by atoms with Crippen LogP contribution in [0.4, 0.5) is 0 Å². The molecule has 0 aliphatic carbocycles. The maximum Gasteiger partial charge on any atom is 0.240 e. The highest BCUT2D eigenvalue weighted by Crippen LogP contribution is 2.24. The SMILES string of the molecule is C[C@H]1CCCCN1C[C@@H]1CCCN(C(=O)[C@H]2CSCN2)C1. The van der Waals surface area contributed by atoms with Crippen LogP contribution in [0.25, 0.3) is 0 Å². The lowest BCUT2D eigenvalue weighted by atomic mass is 9.94. The number of hydrogen-bond donors (Lipinski definition) is 1. The van der Waals surface area contributed by atoms with Gasteiger partial charge in [-0.3, -0.25) is 10.1 Å². The summed E-state index contributed by atoms with van der Waals surface area (Å²) in [5.74, 6) is 2.90. The first-order valence-corrected chi connectivity index (χ1v) is 9.73. The summed E-state index contributed by atoms with van der Waals surface area (Å²) >= 11 is 1.84. The van der Waals surface area contributed by atoms with Crippen LogP contribution < -0.4 is 5.32 Å². The second-order valence-electron chi connectivity index (χ2n) is 6.90. The second-order valence-corrected chi connectivity index (χ2v) is 7.93. The number of nitrogens with one attached hydrogen (secondary N) is 1. The van der Waals surface area contributed by atoms with Gasteiger partial charge in [0, 0.05) is 37.3 Å².